The molecule has 3 rings (SSSR count). The Kier molecular flexibility index (Phi) is 14.5. The number of nitrogens with one attached hydrogen (secondary N) is 2. The van der Waals surface area contributed by atoms with Gasteiger partial charge in [0.15, 0.2) is 17.5 Å². The van der Waals surface area contributed by atoms with E-state index in [9.17, 15) is 13.2 Å². The minimum absolute atomic E-state index is 0.0427. The number of aromatic nitrogens is 3. The second kappa shape index (κ2) is 16.7. The first-order valence-electron chi connectivity index (χ1n) is 13.6. The highest BCUT2D eigenvalue weighted by Gasteiger charge is 2.30. The van der Waals surface area contributed by atoms with E-state index >= 15 is 8.78 Å². The maximum atomic E-state index is 16.1. The molecule has 2 aromatic heterocycles. The fourth-order valence-electron chi connectivity index (χ4n) is 3.71. The number of hydrogen-bond acceptors (Lipinski definition) is 8. The molecule has 1 aromatic carbocycles. The van der Waals surface area contributed by atoms with Gasteiger partial charge in [-0.1, -0.05) is 34.6 Å². The van der Waals surface area contributed by atoms with Gasteiger partial charge in [-0.25, -0.2) is 26.9 Å². The maximum absolute atomic E-state index is 16.1. The van der Waals surface area contributed by atoms with E-state index in [1.165, 1.54) is 7.11 Å². The number of likely N-dealkylation sites (N-methyl/N-ethyl adjacent to an activating group) is 1. The molecule has 0 amide bonds. The van der Waals surface area contributed by atoms with Crippen molar-refractivity contribution in [3.05, 3.63) is 28.6 Å². The number of anilines is 2. The summed E-state index contributed by atoms with van der Waals surface area (Å²) in [6, 6.07) is -0.215. The zero-order valence-electron chi connectivity index (χ0n) is 25.1. The topological polar surface area (TPSA) is 107 Å². The Bertz CT molecular complexity index is 1290. The second-order valence-corrected chi connectivity index (χ2v) is 8.34. The quantitative estimate of drug-likeness (QED) is 0.129. The van der Waals surface area contributed by atoms with Gasteiger partial charge in [0.05, 0.1) is 13.2 Å². The van der Waals surface area contributed by atoms with Gasteiger partial charge in [0, 0.05) is 25.1 Å². The Balaban J connectivity index is 0.00000201. The van der Waals surface area contributed by atoms with E-state index in [0.717, 1.165) is 6.92 Å². The van der Waals surface area contributed by atoms with Crippen molar-refractivity contribution < 1.29 is 31.4 Å². The molecule has 0 aliphatic rings. The molecular formula is C28H41F5N6O2. The average Bonchev–Trinajstić information content (AvgIpc) is 2.98. The van der Waals surface area contributed by atoms with Crippen molar-refractivity contribution in [1.29, 1.82) is 0 Å². The lowest BCUT2D eigenvalue weighted by Crippen LogP contribution is -2.19. The largest absolute Gasteiger partial charge is 0.474 e. The Morgan fingerprint density at radius 2 is 1.59 bits per heavy atom. The van der Waals surface area contributed by atoms with Crippen LogP contribution >= 0.6 is 0 Å². The molecule has 2 heterocycles. The molecule has 230 valence electrons. The van der Waals surface area contributed by atoms with E-state index in [1.807, 2.05) is 34.6 Å². The zero-order chi connectivity index (χ0) is 31.4. The summed E-state index contributed by atoms with van der Waals surface area (Å²) in [4.78, 5) is 12.5. The summed E-state index contributed by atoms with van der Waals surface area (Å²) in [5.41, 5.74) is 2.10. The van der Waals surface area contributed by atoms with Crippen LogP contribution in [0.1, 0.15) is 59.1 Å². The minimum atomic E-state index is -2.98. The van der Waals surface area contributed by atoms with Crippen LogP contribution < -0.4 is 25.8 Å². The maximum Gasteiger partial charge on any atom is 0.318 e. The third-order valence-electron chi connectivity index (χ3n) is 5.84. The van der Waals surface area contributed by atoms with Crippen molar-refractivity contribution in [1.82, 2.24) is 20.3 Å². The molecule has 0 saturated heterocycles. The van der Waals surface area contributed by atoms with Gasteiger partial charge in [-0.05, 0) is 38.4 Å². The first-order valence-corrected chi connectivity index (χ1v) is 13.6. The second-order valence-electron chi connectivity index (χ2n) is 8.34. The van der Waals surface area contributed by atoms with Crippen LogP contribution in [-0.2, 0) is 6.42 Å². The molecule has 8 nitrogen and oxygen atoms in total. The van der Waals surface area contributed by atoms with Gasteiger partial charge in [-0.2, -0.15) is 9.97 Å². The summed E-state index contributed by atoms with van der Waals surface area (Å²) < 4.78 is 84.0. The van der Waals surface area contributed by atoms with Crippen molar-refractivity contribution in [2.24, 2.45) is 0 Å². The summed E-state index contributed by atoms with van der Waals surface area (Å²) in [5, 5.41) is 6.03. The molecular weight excluding hydrogens is 547 g/mol. The predicted octanol–water partition coefficient (Wildman–Crippen LogP) is 6.68. The number of benzene rings is 1. The lowest BCUT2D eigenvalue weighted by Gasteiger charge is -2.20. The summed E-state index contributed by atoms with van der Waals surface area (Å²) >= 11 is 0. The van der Waals surface area contributed by atoms with Gasteiger partial charge in [-0.15, -0.1) is 0 Å². The lowest BCUT2D eigenvalue weighted by atomic mass is 9.93. The summed E-state index contributed by atoms with van der Waals surface area (Å²) in [6.45, 7) is 13.6. The number of methoxy groups -OCH3 is 1. The van der Waals surface area contributed by atoms with Crippen molar-refractivity contribution >= 4 is 22.4 Å². The fraction of sp³-hybridized carbons (Fsp3) is 0.536. The number of hydrogen-bond donors (Lipinski definition) is 3. The minimum Gasteiger partial charge on any atom is -0.474 e. The van der Waals surface area contributed by atoms with Crippen molar-refractivity contribution in [3.63, 3.8) is 0 Å². The van der Waals surface area contributed by atoms with E-state index in [0.29, 0.717) is 19.5 Å². The van der Waals surface area contributed by atoms with E-state index in [1.54, 1.807) is 14.0 Å². The van der Waals surface area contributed by atoms with Gasteiger partial charge >= 0.3 is 6.01 Å². The number of nitrogens with zero attached hydrogens (tertiary/aromatic N) is 3. The van der Waals surface area contributed by atoms with Crippen LogP contribution in [0.3, 0.4) is 0 Å². The number of nitrogen functional groups attached to an aromatic ring is 1. The Hall–Kier alpha value is -3.48. The van der Waals surface area contributed by atoms with E-state index in [-0.39, 0.29) is 34.2 Å². The van der Waals surface area contributed by atoms with Crippen LogP contribution in [0.25, 0.3) is 22.2 Å². The van der Waals surface area contributed by atoms with Gasteiger partial charge < -0.3 is 25.8 Å². The molecule has 0 spiro atoms. The van der Waals surface area contributed by atoms with Crippen LogP contribution in [-0.4, -0.2) is 54.7 Å². The first-order chi connectivity index (χ1) is 19.5. The highest BCUT2D eigenvalue weighted by atomic mass is 19.3. The summed E-state index contributed by atoms with van der Waals surface area (Å²) in [7, 11) is 3.02. The van der Waals surface area contributed by atoms with Gasteiger partial charge in [-0.3, -0.25) is 0 Å². The summed E-state index contributed by atoms with van der Waals surface area (Å²) in [6.07, 6.45) is -3.93. The molecule has 0 bridgehead atoms. The lowest BCUT2D eigenvalue weighted by molar-refractivity contribution is 0.149. The molecule has 0 aliphatic carbocycles. The number of halogens is 5. The number of rotatable bonds is 11. The molecule has 41 heavy (non-hydrogen) atoms. The van der Waals surface area contributed by atoms with Gasteiger partial charge in [0.25, 0.3) is 0 Å². The molecule has 0 aliphatic heterocycles. The number of ether oxygens (including phenoxy) is 2. The van der Waals surface area contributed by atoms with Crippen LogP contribution in [0.5, 0.6) is 11.9 Å². The van der Waals surface area contributed by atoms with Crippen LogP contribution in [0.15, 0.2) is 0 Å². The van der Waals surface area contributed by atoms with Gasteiger partial charge in [0.1, 0.15) is 28.1 Å². The number of fused-ring (bicyclic) bond motifs is 1. The van der Waals surface area contributed by atoms with Crippen molar-refractivity contribution in [2.75, 3.05) is 38.3 Å². The van der Waals surface area contributed by atoms with Crippen molar-refractivity contribution in [2.45, 2.75) is 73.8 Å². The highest BCUT2D eigenvalue weighted by Crippen LogP contribution is 2.41. The highest BCUT2D eigenvalue weighted by molar-refractivity contribution is 5.96. The van der Waals surface area contributed by atoms with E-state index < -0.39 is 58.9 Å². The first kappa shape index (κ1) is 35.5. The number of alkyl halides is 2. The van der Waals surface area contributed by atoms with Crippen molar-refractivity contribution in [3.8, 4) is 23.1 Å². The Morgan fingerprint density at radius 3 is 2.12 bits per heavy atom. The number of pyridine rings is 1. The molecule has 13 heteroatoms. The monoisotopic (exact) mass is 588 g/mol. The average molecular weight is 589 g/mol. The third kappa shape index (κ3) is 8.05. The molecule has 0 saturated carbocycles. The van der Waals surface area contributed by atoms with Crippen LogP contribution in [0, 0.1) is 24.4 Å². The summed E-state index contributed by atoms with van der Waals surface area (Å²) in [5.74, 6) is -3.81. The van der Waals surface area contributed by atoms with Gasteiger partial charge in [0.2, 0.25) is 12.3 Å². The van der Waals surface area contributed by atoms with Crippen LogP contribution in [0.4, 0.5) is 33.5 Å². The number of nitrogens with two attached hydrogens (primary N) is 1. The molecule has 0 fully saturated rings. The standard InChI is InChI=1S/C24H29F5N6O2.2C2H6/c1-6-10(2)37-23-15-21(34-24(36-5)35-22(15)32-8-7-31-4)18(29)20(33-23)14-12(9-13(25)26)11(3)16(27)19(30)17(14)28;2*1-2/h10,13,31H,6-9,30H2,1-5H3,(H,32,34,35);2*1-2H3. The molecule has 3 aromatic rings. The molecule has 4 N–H and O–H groups in total. The SMILES string of the molecule is CC.CC.CCC(C)Oc1nc(-c2c(F)c(N)c(F)c(C)c2CC(F)F)c(F)c2nc(OC)nc(NCCNC)c12. The van der Waals surface area contributed by atoms with E-state index in [2.05, 4.69) is 25.6 Å². The fourth-order valence-corrected chi connectivity index (χ4v) is 3.71. The Labute approximate surface area is 238 Å². The third-order valence-corrected chi connectivity index (χ3v) is 5.84. The van der Waals surface area contributed by atoms with Crippen LogP contribution in [0.2, 0.25) is 0 Å². The van der Waals surface area contributed by atoms with E-state index in [4.69, 9.17) is 15.2 Å². The Morgan fingerprint density at radius 1 is 0.951 bits per heavy atom. The normalized spacial score (nSPS) is 11.4. The smallest absolute Gasteiger partial charge is 0.318 e. The zero-order valence-corrected chi connectivity index (χ0v) is 25.1. The molecule has 0 radical (unpaired) electrons. The molecule has 1 atom stereocenters. The predicted molar refractivity (Wildman–Crippen MR) is 154 cm³/mol. The molecule has 1 unspecified atom stereocenters.